The van der Waals surface area contributed by atoms with Gasteiger partial charge in [-0.2, -0.15) is 0 Å². The van der Waals surface area contributed by atoms with Crippen LogP contribution in [0.4, 0.5) is 0 Å². The third-order valence-electron chi connectivity index (χ3n) is 0. The van der Waals surface area contributed by atoms with Crippen molar-refractivity contribution in [1.82, 2.24) is 0 Å². The van der Waals surface area contributed by atoms with Gasteiger partial charge in [0.1, 0.15) is 0 Å². The van der Waals surface area contributed by atoms with E-state index in [9.17, 15) is 0 Å². The van der Waals surface area contributed by atoms with Crippen molar-refractivity contribution in [2.75, 3.05) is 0 Å². The maximum Gasteiger partial charge on any atom is 0.0814 e. The average Bonchev–Trinajstić information content (AvgIpc) is 0.811. The molecule has 0 bridgehead atoms. The van der Waals surface area contributed by atoms with Crippen molar-refractivity contribution in [3.05, 3.63) is 0 Å². The molecule has 0 aromatic rings. The van der Waals surface area contributed by atoms with Crippen molar-refractivity contribution in [2.24, 2.45) is 0 Å². The minimum Gasteiger partial charge on any atom is -0.750 e. The Balaban J connectivity index is 0. The molecule has 0 fully saturated rings. The van der Waals surface area contributed by atoms with E-state index in [2.05, 4.69) is 0 Å². The van der Waals surface area contributed by atoms with Gasteiger partial charge in [0.2, 0.25) is 0 Å². The molecule has 0 aliphatic rings. The summed E-state index contributed by atoms with van der Waals surface area (Å²) < 4.78 is 24.1. The predicted molar refractivity (Wildman–Crippen MR) is 11.5 cm³/mol. The molecule has 0 amide bonds. The molecule has 0 aromatic carbocycles. The summed E-state index contributed by atoms with van der Waals surface area (Å²) in [6, 6.07) is 0. The van der Waals surface area contributed by atoms with Gasteiger partial charge in [-0.15, -0.1) is 0 Å². The Labute approximate surface area is 42.4 Å². The number of rotatable bonds is 0. The van der Waals surface area contributed by atoms with Crippen molar-refractivity contribution in [2.45, 2.75) is 0 Å². The zero-order valence-electron chi connectivity index (χ0n) is 2.03. The Kier molecular flexibility index (Phi) is 8.39. The molecule has 1 N–H and O–H groups in total. The number of hydrogen-bond donors (Lipinski definition) is 1. The van der Waals surface area contributed by atoms with Crippen LogP contribution < -0.4 is 0 Å². The van der Waals surface area contributed by atoms with Gasteiger partial charge in [-0.3, -0.25) is 0 Å². The zero-order valence-corrected chi connectivity index (χ0v) is 3.95. The molecule has 0 saturated heterocycles. The standard InChI is InChI=1S/Fe.H2O3S/c;1-4(2)3/h;(H2,1,2,3)/p-1. The second kappa shape index (κ2) is 4.59. The molecule has 0 rings (SSSR count). The van der Waals surface area contributed by atoms with Crippen molar-refractivity contribution in [3.63, 3.8) is 0 Å². The van der Waals surface area contributed by atoms with Gasteiger partial charge in [-0.1, -0.05) is 0 Å². The average molecular weight is 137 g/mol. The predicted octanol–water partition coefficient (Wildman–Crippen LogP) is -0.664. The van der Waals surface area contributed by atoms with Gasteiger partial charge >= 0.3 is 0 Å². The molecule has 0 aromatic heterocycles. The zero-order chi connectivity index (χ0) is 3.58. The molecular weight excluding hydrogens is 136 g/mol. The molecule has 0 saturated carbocycles. The summed E-state index contributed by atoms with van der Waals surface area (Å²) in [5, 5.41) is 0. The van der Waals surface area contributed by atoms with Gasteiger partial charge in [0, 0.05) is 17.1 Å². The SMILES string of the molecule is O=S([O-])O.[Fe]. The van der Waals surface area contributed by atoms with Crippen LogP contribution in [0.25, 0.3) is 0 Å². The Morgan fingerprint density at radius 2 is 1.80 bits per heavy atom. The van der Waals surface area contributed by atoms with Gasteiger partial charge in [0.05, 0.1) is 11.4 Å². The first-order valence-electron chi connectivity index (χ1n) is 0.516. The summed E-state index contributed by atoms with van der Waals surface area (Å²) in [6.45, 7) is 0. The van der Waals surface area contributed by atoms with E-state index < -0.39 is 11.4 Å². The number of hydrogen-bond acceptors (Lipinski definition) is 2. The Bertz CT molecular complexity index is 29.9. The van der Waals surface area contributed by atoms with E-state index in [0.29, 0.717) is 0 Å². The molecule has 0 spiro atoms. The van der Waals surface area contributed by atoms with Crippen molar-refractivity contribution in [1.29, 1.82) is 0 Å². The van der Waals surface area contributed by atoms with Crippen LogP contribution in [0.5, 0.6) is 0 Å². The van der Waals surface area contributed by atoms with Gasteiger partial charge < -0.3 is 9.11 Å². The van der Waals surface area contributed by atoms with E-state index >= 15 is 0 Å². The maximum atomic E-state index is 8.56. The summed E-state index contributed by atoms with van der Waals surface area (Å²) >= 11 is -2.86. The molecule has 1 unspecified atom stereocenters. The van der Waals surface area contributed by atoms with Gasteiger partial charge in [0.15, 0.2) is 0 Å². The van der Waals surface area contributed by atoms with Crippen LogP contribution in [0.1, 0.15) is 0 Å². The fourth-order valence-electron chi connectivity index (χ4n) is 0. The van der Waals surface area contributed by atoms with Crippen molar-refractivity contribution < 1.29 is 30.4 Å². The van der Waals surface area contributed by atoms with E-state index in [1.54, 1.807) is 0 Å². The van der Waals surface area contributed by atoms with Crippen LogP contribution in [-0.4, -0.2) is 13.3 Å². The largest absolute Gasteiger partial charge is 0.750 e. The van der Waals surface area contributed by atoms with Crippen molar-refractivity contribution in [3.8, 4) is 0 Å². The second-order valence-corrected chi connectivity index (χ2v) is 0.651. The van der Waals surface area contributed by atoms with Crippen molar-refractivity contribution >= 4 is 11.4 Å². The fourth-order valence-corrected chi connectivity index (χ4v) is 0. The summed E-state index contributed by atoms with van der Waals surface area (Å²) in [4.78, 5) is 0. The fraction of sp³-hybridized carbons (Fsp3) is 0. The molecule has 5 heteroatoms. The van der Waals surface area contributed by atoms with Gasteiger partial charge in [0.25, 0.3) is 0 Å². The van der Waals surface area contributed by atoms with Crippen LogP contribution in [-0.2, 0) is 28.4 Å². The van der Waals surface area contributed by atoms with Crippen LogP contribution in [0.2, 0.25) is 0 Å². The minimum atomic E-state index is -2.86. The third-order valence-corrected chi connectivity index (χ3v) is 0. The smallest absolute Gasteiger partial charge is 0.0814 e. The maximum absolute atomic E-state index is 8.56. The first kappa shape index (κ1) is 9.14. The first-order chi connectivity index (χ1) is 1.73. The summed E-state index contributed by atoms with van der Waals surface area (Å²) in [5.74, 6) is 0. The Morgan fingerprint density at radius 1 is 1.80 bits per heavy atom. The monoisotopic (exact) mass is 137 g/mol. The minimum absolute atomic E-state index is 0. The molecule has 5 heavy (non-hydrogen) atoms. The second-order valence-electron chi connectivity index (χ2n) is 0.217. The van der Waals surface area contributed by atoms with E-state index in [4.69, 9.17) is 13.3 Å². The van der Waals surface area contributed by atoms with Gasteiger partial charge in [-0.05, 0) is 0 Å². The summed E-state index contributed by atoms with van der Waals surface area (Å²) in [6.07, 6.45) is 0. The molecule has 34 valence electrons. The first-order valence-corrected chi connectivity index (χ1v) is 1.55. The topological polar surface area (TPSA) is 60.4 Å². The van der Waals surface area contributed by atoms with Gasteiger partial charge in [-0.25, -0.2) is 4.21 Å². The van der Waals surface area contributed by atoms with Crippen LogP contribution >= 0.6 is 0 Å². The quantitative estimate of drug-likeness (QED) is 0.356. The van der Waals surface area contributed by atoms with E-state index in [0.717, 1.165) is 0 Å². The molecule has 0 heterocycles. The van der Waals surface area contributed by atoms with E-state index in [-0.39, 0.29) is 17.1 Å². The molecule has 3 nitrogen and oxygen atoms in total. The summed E-state index contributed by atoms with van der Waals surface area (Å²) in [5.41, 5.74) is 0. The van der Waals surface area contributed by atoms with E-state index in [1.807, 2.05) is 0 Å². The summed E-state index contributed by atoms with van der Waals surface area (Å²) in [7, 11) is 0. The Hall–Kier alpha value is 0.589. The Morgan fingerprint density at radius 3 is 1.80 bits per heavy atom. The van der Waals surface area contributed by atoms with Crippen LogP contribution in [0.15, 0.2) is 0 Å². The van der Waals surface area contributed by atoms with E-state index in [1.165, 1.54) is 0 Å². The molecule has 0 radical (unpaired) electrons. The van der Waals surface area contributed by atoms with Crippen LogP contribution in [0.3, 0.4) is 0 Å². The van der Waals surface area contributed by atoms with Crippen LogP contribution in [0, 0.1) is 0 Å². The molecule has 1 atom stereocenters. The molecule has 0 aliphatic carbocycles. The third kappa shape index (κ3) is 88.6. The molecule has 0 aliphatic heterocycles. The normalized spacial score (nSPS) is 12.4. The molecular formula is HFeO3S-.